The van der Waals surface area contributed by atoms with Crippen molar-refractivity contribution in [2.24, 2.45) is 17.4 Å². The monoisotopic (exact) mass is 820 g/mol. The van der Waals surface area contributed by atoms with Crippen LogP contribution in [0.4, 0.5) is 0 Å². The maximum absolute atomic E-state index is 14.1. The van der Waals surface area contributed by atoms with Crippen LogP contribution in [-0.2, 0) is 23.8 Å². The Labute approximate surface area is 350 Å². The zero-order valence-electron chi connectivity index (χ0n) is 36.4. The molecule has 4 saturated heterocycles. The molecule has 5 rings (SSSR count). The van der Waals surface area contributed by atoms with Gasteiger partial charge in [-0.1, -0.05) is 89.7 Å². The molecule has 13 heteroatoms. The fourth-order valence-electron chi connectivity index (χ4n) is 10.8. The van der Waals surface area contributed by atoms with Crippen LogP contribution in [0, 0.1) is 5.92 Å². The molecule has 9 N–H and O–H groups in total. The second-order valence-corrected chi connectivity index (χ2v) is 18.4. The van der Waals surface area contributed by atoms with E-state index in [1.807, 2.05) is 0 Å². The summed E-state index contributed by atoms with van der Waals surface area (Å²) >= 11 is 0. The minimum atomic E-state index is -1.28. The van der Waals surface area contributed by atoms with Gasteiger partial charge in [-0.3, -0.25) is 14.5 Å². The van der Waals surface area contributed by atoms with Crippen molar-refractivity contribution in [2.45, 2.75) is 222 Å². The summed E-state index contributed by atoms with van der Waals surface area (Å²) in [6.45, 7) is 6.50. The van der Waals surface area contributed by atoms with Gasteiger partial charge in [0.2, 0.25) is 17.9 Å². The van der Waals surface area contributed by atoms with Crippen molar-refractivity contribution in [3.63, 3.8) is 0 Å². The van der Waals surface area contributed by atoms with Crippen molar-refractivity contribution in [3.05, 3.63) is 12.2 Å². The van der Waals surface area contributed by atoms with Gasteiger partial charge in [-0.25, -0.2) is 10.6 Å². The minimum absolute atomic E-state index is 0.0221. The average Bonchev–Trinajstić information content (AvgIpc) is 3.40. The SMILES string of the molecule is CC[C@@H]1C=CCC[C@]2(C[C@H]3CC[C@@]4(O)[C@@H](C(=O)OCCCCCCCCCCCCCCCC(=O)N(CCCN)C[C@H](O)CCN)[C@@]5(CCC[C@H](C)O5)NC(N2)[NH+]34)O1. The van der Waals surface area contributed by atoms with Crippen LogP contribution in [0.2, 0.25) is 0 Å². The van der Waals surface area contributed by atoms with Crippen LogP contribution in [0.1, 0.15) is 174 Å². The number of aliphatic hydroxyl groups excluding tert-OH is 1. The Morgan fingerprint density at radius 1 is 0.914 bits per heavy atom. The van der Waals surface area contributed by atoms with E-state index in [4.69, 9.17) is 25.7 Å². The molecule has 0 aliphatic carbocycles. The largest absolute Gasteiger partial charge is 0.465 e. The molecule has 1 amide bonds. The Balaban J connectivity index is 0.953. The lowest BCUT2D eigenvalue weighted by Crippen LogP contribution is -3.32. The van der Waals surface area contributed by atoms with Crippen molar-refractivity contribution in [2.75, 3.05) is 32.8 Å². The number of rotatable bonds is 25. The van der Waals surface area contributed by atoms with Crippen LogP contribution in [0.25, 0.3) is 0 Å². The Morgan fingerprint density at radius 2 is 1.60 bits per heavy atom. The average molecular weight is 820 g/mol. The first-order valence-corrected chi connectivity index (χ1v) is 23.8. The number of aliphatic hydroxyl groups is 2. The molecule has 0 bridgehead atoms. The molecular weight excluding hydrogens is 737 g/mol. The predicted molar refractivity (Wildman–Crippen MR) is 226 cm³/mol. The smallest absolute Gasteiger partial charge is 0.322 e. The van der Waals surface area contributed by atoms with Crippen molar-refractivity contribution in [3.8, 4) is 0 Å². The Bertz CT molecular complexity index is 1280. The van der Waals surface area contributed by atoms with Crippen LogP contribution in [0.15, 0.2) is 12.2 Å². The summed E-state index contributed by atoms with van der Waals surface area (Å²) in [5.74, 6) is -1.01. The van der Waals surface area contributed by atoms with Crippen LogP contribution in [-0.4, -0.2) is 108 Å². The number of unbranched alkanes of at least 4 members (excludes halogenated alkanes) is 12. The highest BCUT2D eigenvalue weighted by Crippen LogP contribution is 2.45. The van der Waals surface area contributed by atoms with E-state index in [0.717, 1.165) is 94.8 Å². The molecule has 10 atom stereocenters. The number of carbonyl (C=O) groups excluding carboxylic acids is 2. The normalized spacial score (nSPS) is 33.6. The molecule has 2 spiro atoms. The van der Waals surface area contributed by atoms with E-state index in [-0.39, 0.29) is 36.4 Å². The topological polar surface area (TPSA) is 186 Å². The molecule has 58 heavy (non-hydrogen) atoms. The molecule has 0 aromatic carbocycles. The van der Waals surface area contributed by atoms with Gasteiger partial charge in [0, 0.05) is 38.8 Å². The number of nitrogens with two attached hydrogens (primary N) is 2. The second kappa shape index (κ2) is 23.5. The van der Waals surface area contributed by atoms with Crippen LogP contribution >= 0.6 is 0 Å². The summed E-state index contributed by atoms with van der Waals surface area (Å²) in [6.07, 6.45) is 27.6. The summed E-state index contributed by atoms with van der Waals surface area (Å²) in [5.41, 5.74) is 8.46. The number of nitrogens with zero attached hydrogens (tertiary/aromatic N) is 1. The minimum Gasteiger partial charge on any atom is -0.465 e. The molecule has 0 aromatic rings. The Kier molecular flexibility index (Phi) is 19.2. The molecule has 5 aliphatic heterocycles. The highest BCUT2D eigenvalue weighted by atomic mass is 16.6. The number of amides is 1. The molecule has 2 unspecified atom stereocenters. The molecule has 5 aliphatic rings. The number of quaternary nitrogens is 1. The first-order valence-electron chi connectivity index (χ1n) is 23.8. The maximum Gasteiger partial charge on any atom is 0.322 e. The molecule has 5 heterocycles. The molecule has 13 nitrogen and oxygen atoms in total. The highest BCUT2D eigenvalue weighted by molar-refractivity contribution is 5.76. The fourth-order valence-corrected chi connectivity index (χ4v) is 10.8. The Hall–Kier alpha value is -1.68. The first kappa shape index (κ1) is 47.4. The van der Waals surface area contributed by atoms with E-state index in [1.54, 1.807) is 4.90 Å². The zero-order chi connectivity index (χ0) is 41.4. The molecule has 0 radical (unpaired) electrons. The Morgan fingerprint density at radius 3 is 2.26 bits per heavy atom. The van der Waals surface area contributed by atoms with Gasteiger partial charge in [-0.2, -0.15) is 0 Å². The summed E-state index contributed by atoms with van der Waals surface area (Å²) in [6, 6.07) is 0.167. The van der Waals surface area contributed by atoms with Gasteiger partial charge in [0.1, 0.15) is 11.4 Å². The van der Waals surface area contributed by atoms with Crippen LogP contribution in [0.3, 0.4) is 0 Å². The lowest BCUT2D eigenvalue weighted by Gasteiger charge is -2.60. The van der Waals surface area contributed by atoms with Gasteiger partial charge in [0.05, 0.1) is 31.0 Å². The third-order valence-corrected chi connectivity index (χ3v) is 13.8. The van der Waals surface area contributed by atoms with Gasteiger partial charge in [0.25, 0.3) is 0 Å². The summed E-state index contributed by atoms with van der Waals surface area (Å²) in [5, 5.41) is 30.4. The predicted octanol–water partition coefficient (Wildman–Crippen LogP) is 4.24. The fraction of sp³-hybridized carbons (Fsp3) is 0.911. The number of allylic oxidation sites excluding steroid dienone is 1. The number of esters is 1. The van der Waals surface area contributed by atoms with E-state index in [1.165, 1.54) is 44.9 Å². The van der Waals surface area contributed by atoms with E-state index >= 15 is 0 Å². The number of carbonyl (C=O) groups is 2. The van der Waals surface area contributed by atoms with Gasteiger partial charge >= 0.3 is 5.97 Å². The van der Waals surface area contributed by atoms with Gasteiger partial charge in [-0.05, 0) is 84.2 Å². The standard InChI is InChI=1S/C45H82N6O7/c1-3-38-22-16-17-26-43(58-38)33-36-24-28-45(55)40(44(27-19-21-35(2)57-44)49-42(48-43)51(36)45)41(54)56-32-18-14-12-10-8-6-4-5-7-9-11-13-15-23-39(53)50(31-20-29-46)34-37(52)25-30-47/h16,22,35-38,40,42,48-49,52,55H,3-15,17-21,23-34,46-47H2,1-2H3/p+1/t35-,36+,37+,38+,40-,42?,43+,44-,45+/m0/s1. The van der Waals surface area contributed by atoms with E-state index in [2.05, 4.69) is 36.6 Å². The summed E-state index contributed by atoms with van der Waals surface area (Å²) in [7, 11) is 0. The van der Waals surface area contributed by atoms with Crippen molar-refractivity contribution >= 4 is 11.9 Å². The lowest BCUT2D eigenvalue weighted by atomic mass is 9.77. The number of hydrogen-bond donors (Lipinski definition) is 7. The quantitative estimate of drug-likeness (QED) is 0.0397. The van der Waals surface area contributed by atoms with Gasteiger partial charge in [0.15, 0.2) is 5.92 Å². The van der Waals surface area contributed by atoms with Crippen molar-refractivity contribution < 1.29 is 38.9 Å². The van der Waals surface area contributed by atoms with E-state index in [9.17, 15) is 19.8 Å². The second-order valence-electron chi connectivity index (χ2n) is 18.4. The van der Waals surface area contributed by atoms with Crippen molar-refractivity contribution in [1.29, 1.82) is 0 Å². The van der Waals surface area contributed by atoms with Gasteiger partial charge in [-0.15, -0.1) is 0 Å². The zero-order valence-corrected chi connectivity index (χ0v) is 36.4. The van der Waals surface area contributed by atoms with Gasteiger partial charge < -0.3 is 40.8 Å². The summed E-state index contributed by atoms with van der Waals surface area (Å²) < 4.78 is 19.5. The number of nitrogens with one attached hydrogen (secondary N) is 3. The molecule has 334 valence electrons. The molecule has 0 saturated carbocycles. The molecular formula is C45H83N6O7+. The van der Waals surface area contributed by atoms with Crippen molar-refractivity contribution in [1.82, 2.24) is 15.5 Å². The molecule has 0 aromatic heterocycles. The lowest BCUT2D eigenvalue weighted by molar-refractivity contribution is -1.03. The third-order valence-electron chi connectivity index (χ3n) is 13.8. The van der Waals surface area contributed by atoms with E-state index < -0.39 is 29.2 Å². The maximum atomic E-state index is 14.1. The van der Waals surface area contributed by atoms with Crippen LogP contribution in [0.5, 0.6) is 0 Å². The highest BCUT2D eigenvalue weighted by Gasteiger charge is 2.73. The first-order chi connectivity index (χ1) is 28.1. The third kappa shape index (κ3) is 12.7. The number of ether oxygens (including phenoxy) is 3. The molecule has 4 fully saturated rings. The summed E-state index contributed by atoms with van der Waals surface area (Å²) in [4.78, 5) is 29.6. The number of hydrogen-bond acceptors (Lipinski definition) is 11. The van der Waals surface area contributed by atoms with Crippen LogP contribution < -0.4 is 27.0 Å². The van der Waals surface area contributed by atoms with E-state index in [0.29, 0.717) is 58.5 Å².